The minimum Gasteiger partial charge on any atom is -0.489 e. The Balaban J connectivity index is 1.98. The molecule has 1 fully saturated rings. The summed E-state index contributed by atoms with van der Waals surface area (Å²) in [4.78, 5) is 0. The van der Waals surface area contributed by atoms with Crippen molar-refractivity contribution in [2.45, 2.75) is 19.4 Å². The molecule has 0 radical (unpaired) electrons. The summed E-state index contributed by atoms with van der Waals surface area (Å²) in [6, 6.07) is 7.59. The molecule has 1 heterocycles. The number of ether oxygens (including phenoxy) is 1. The number of rotatable bonds is 4. The van der Waals surface area contributed by atoms with Crippen molar-refractivity contribution in [1.29, 1.82) is 0 Å². The van der Waals surface area contributed by atoms with Crippen LogP contribution in [-0.2, 0) is 10.0 Å². The largest absolute Gasteiger partial charge is 0.489 e. The summed E-state index contributed by atoms with van der Waals surface area (Å²) in [5.74, 6) is 0.918. The van der Waals surface area contributed by atoms with E-state index in [0.29, 0.717) is 13.1 Å². The van der Waals surface area contributed by atoms with Gasteiger partial charge in [-0.1, -0.05) is 22.0 Å². The Morgan fingerprint density at radius 1 is 1.50 bits per heavy atom. The summed E-state index contributed by atoms with van der Waals surface area (Å²) in [6.45, 7) is 2.66. The van der Waals surface area contributed by atoms with Crippen molar-refractivity contribution in [2.24, 2.45) is 0 Å². The number of hydrogen-bond acceptors (Lipinski definition) is 3. The van der Waals surface area contributed by atoms with Gasteiger partial charge in [0.25, 0.3) is 0 Å². The van der Waals surface area contributed by atoms with Crippen molar-refractivity contribution >= 4 is 26.0 Å². The number of benzene rings is 1. The molecule has 100 valence electrons. The molecule has 1 aliphatic heterocycles. The Hall–Kier alpha value is -0.590. The Morgan fingerprint density at radius 3 is 2.94 bits per heavy atom. The van der Waals surface area contributed by atoms with Gasteiger partial charge in [-0.05, 0) is 31.5 Å². The zero-order valence-electron chi connectivity index (χ0n) is 10.2. The van der Waals surface area contributed by atoms with Gasteiger partial charge >= 0.3 is 0 Å². The van der Waals surface area contributed by atoms with Crippen molar-refractivity contribution in [3.63, 3.8) is 0 Å². The summed E-state index contributed by atoms with van der Waals surface area (Å²) in [5.41, 5.74) is 0. The molecule has 18 heavy (non-hydrogen) atoms. The quantitative estimate of drug-likeness (QED) is 0.849. The molecule has 0 N–H and O–H groups in total. The molecule has 2 rings (SSSR count). The van der Waals surface area contributed by atoms with Crippen LogP contribution in [0.25, 0.3) is 0 Å². The van der Waals surface area contributed by atoms with Crippen LogP contribution in [0.5, 0.6) is 5.75 Å². The molecule has 0 spiro atoms. The van der Waals surface area contributed by atoms with Gasteiger partial charge in [0.15, 0.2) is 0 Å². The first-order chi connectivity index (χ1) is 8.51. The SMILES string of the molecule is CCS(=O)(=O)N1CCC(Oc2cccc(Br)c2)C1. The van der Waals surface area contributed by atoms with E-state index >= 15 is 0 Å². The lowest BCUT2D eigenvalue weighted by Crippen LogP contribution is -2.32. The van der Waals surface area contributed by atoms with E-state index in [1.165, 1.54) is 4.31 Å². The zero-order chi connectivity index (χ0) is 13.2. The Morgan fingerprint density at radius 2 is 2.28 bits per heavy atom. The normalized spacial score (nSPS) is 21.1. The maximum atomic E-state index is 11.7. The van der Waals surface area contributed by atoms with E-state index in [2.05, 4.69) is 15.9 Å². The van der Waals surface area contributed by atoms with Crippen LogP contribution in [0, 0.1) is 0 Å². The monoisotopic (exact) mass is 333 g/mol. The summed E-state index contributed by atoms with van der Waals surface area (Å²) < 4.78 is 31.7. The van der Waals surface area contributed by atoms with Gasteiger partial charge in [0.2, 0.25) is 10.0 Å². The first-order valence-electron chi connectivity index (χ1n) is 5.91. The topological polar surface area (TPSA) is 46.6 Å². The molecule has 1 unspecified atom stereocenters. The third kappa shape index (κ3) is 3.24. The molecule has 1 saturated heterocycles. The minimum atomic E-state index is -3.09. The van der Waals surface area contributed by atoms with E-state index in [4.69, 9.17) is 4.74 Å². The third-order valence-corrected chi connectivity index (χ3v) is 5.31. The maximum Gasteiger partial charge on any atom is 0.213 e. The Bertz CT molecular complexity index is 518. The van der Waals surface area contributed by atoms with Gasteiger partial charge < -0.3 is 4.74 Å². The lowest BCUT2D eigenvalue weighted by Gasteiger charge is -2.16. The first-order valence-corrected chi connectivity index (χ1v) is 8.31. The van der Waals surface area contributed by atoms with Gasteiger partial charge in [0.1, 0.15) is 11.9 Å². The summed E-state index contributed by atoms with van der Waals surface area (Å²) in [7, 11) is -3.09. The molecule has 0 amide bonds. The second-order valence-corrected chi connectivity index (χ2v) is 7.42. The Labute approximate surface area is 116 Å². The van der Waals surface area contributed by atoms with Crippen LogP contribution in [0.2, 0.25) is 0 Å². The summed E-state index contributed by atoms with van der Waals surface area (Å²) >= 11 is 3.38. The highest BCUT2D eigenvalue weighted by atomic mass is 79.9. The highest BCUT2D eigenvalue weighted by molar-refractivity contribution is 9.10. The van der Waals surface area contributed by atoms with E-state index in [1.807, 2.05) is 24.3 Å². The highest BCUT2D eigenvalue weighted by Gasteiger charge is 2.31. The van der Waals surface area contributed by atoms with Crippen molar-refractivity contribution < 1.29 is 13.2 Å². The van der Waals surface area contributed by atoms with Crippen molar-refractivity contribution in [3.8, 4) is 5.75 Å². The van der Waals surface area contributed by atoms with E-state index in [9.17, 15) is 8.42 Å². The zero-order valence-corrected chi connectivity index (χ0v) is 12.6. The number of halogens is 1. The van der Waals surface area contributed by atoms with Gasteiger partial charge in [-0.2, -0.15) is 4.31 Å². The fraction of sp³-hybridized carbons (Fsp3) is 0.500. The highest BCUT2D eigenvalue weighted by Crippen LogP contribution is 2.23. The molecule has 4 nitrogen and oxygen atoms in total. The summed E-state index contributed by atoms with van der Waals surface area (Å²) in [5, 5.41) is 0. The van der Waals surface area contributed by atoms with Gasteiger partial charge in [0, 0.05) is 11.0 Å². The average molecular weight is 334 g/mol. The van der Waals surface area contributed by atoms with Gasteiger partial charge in [-0.25, -0.2) is 8.42 Å². The molecule has 1 aromatic carbocycles. The predicted molar refractivity (Wildman–Crippen MR) is 74.2 cm³/mol. The average Bonchev–Trinajstić information content (AvgIpc) is 2.78. The number of hydrogen-bond donors (Lipinski definition) is 0. The molecular formula is C12H16BrNO3S. The smallest absolute Gasteiger partial charge is 0.213 e. The molecule has 1 aromatic rings. The fourth-order valence-electron chi connectivity index (χ4n) is 1.96. The molecule has 1 atom stereocenters. The second kappa shape index (κ2) is 5.59. The minimum absolute atomic E-state index is 0.0550. The van der Waals surface area contributed by atoms with Crippen LogP contribution in [-0.4, -0.2) is 37.7 Å². The molecule has 0 aliphatic carbocycles. The third-order valence-electron chi connectivity index (χ3n) is 2.96. The fourth-order valence-corrected chi connectivity index (χ4v) is 3.48. The van der Waals surface area contributed by atoms with Gasteiger partial charge in [-0.15, -0.1) is 0 Å². The molecule has 6 heteroatoms. The van der Waals surface area contributed by atoms with Crippen LogP contribution in [0.15, 0.2) is 28.7 Å². The van der Waals surface area contributed by atoms with Crippen LogP contribution in [0.3, 0.4) is 0 Å². The van der Waals surface area contributed by atoms with Gasteiger partial charge in [-0.3, -0.25) is 0 Å². The van der Waals surface area contributed by atoms with Crippen molar-refractivity contribution in [3.05, 3.63) is 28.7 Å². The van der Waals surface area contributed by atoms with E-state index < -0.39 is 10.0 Å². The second-order valence-electron chi connectivity index (χ2n) is 4.24. The van der Waals surface area contributed by atoms with E-state index in [0.717, 1.165) is 16.6 Å². The lowest BCUT2D eigenvalue weighted by molar-refractivity contribution is 0.215. The molecular weight excluding hydrogens is 318 g/mol. The number of sulfonamides is 1. The molecule has 0 bridgehead atoms. The van der Waals surface area contributed by atoms with Crippen LogP contribution >= 0.6 is 15.9 Å². The predicted octanol–water partition coefficient (Wildman–Crippen LogP) is 2.25. The number of nitrogens with zero attached hydrogens (tertiary/aromatic N) is 1. The van der Waals surface area contributed by atoms with Gasteiger partial charge in [0.05, 0.1) is 12.3 Å². The van der Waals surface area contributed by atoms with Crippen LogP contribution in [0.1, 0.15) is 13.3 Å². The molecule has 1 aliphatic rings. The summed E-state index contributed by atoms with van der Waals surface area (Å²) in [6.07, 6.45) is 0.687. The first kappa shape index (κ1) is 13.8. The molecule has 0 saturated carbocycles. The van der Waals surface area contributed by atoms with Crippen molar-refractivity contribution in [2.75, 3.05) is 18.8 Å². The lowest BCUT2D eigenvalue weighted by atomic mass is 10.3. The van der Waals surface area contributed by atoms with Crippen LogP contribution < -0.4 is 4.74 Å². The van der Waals surface area contributed by atoms with Crippen molar-refractivity contribution in [1.82, 2.24) is 4.31 Å². The Kier molecular flexibility index (Phi) is 4.29. The maximum absolute atomic E-state index is 11.7. The standard InChI is InChI=1S/C12H16BrNO3S/c1-2-18(15,16)14-7-6-12(9-14)17-11-5-3-4-10(13)8-11/h3-5,8,12H,2,6-7,9H2,1H3. The van der Waals surface area contributed by atoms with E-state index in [-0.39, 0.29) is 11.9 Å². The molecule has 0 aromatic heterocycles. The van der Waals surface area contributed by atoms with E-state index in [1.54, 1.807) is 6.92 Å². The van der Waals surface area contributed by atoms with Crippen LogP contribution in [0.4, 0.5) is 0 Å².